The van der Waals surface area contributed by atoms with E-state index in [0.717, 1.165) is 40.6 Å². The number of para-hydroxylation sites is 1. The topological polar surface area (TPSA) is 65.0 Å². The normalized spacial score (nSPS) is 19.2. The highest BCUT2D eigenvalue weighted by atomic mass is 16.5. The Morgan fingerprint density at radius 1 is 1.00 bits per heavy atom. The van der Waals surface area contributed by atoms with Gasteiger partial charge in [-0.2, -0.15) is 0 Å². The van der Waals surface area contributed by atoms with Gasteiger partial charge < -0.3 is 15.2 Å². The molecule has 1 atom stereocenters. The van der Waals surface area contributed by atoms with E-state index in [-0.39, 0.29) is 23.1 Å². The summed E-state index contributed by atoms with van der Waals surface area (Å²) < 4.78 is -0.279. The molecule has 0 spiro atoms. The lowest BCUT2D eigenvalue weighted by Crippen LogP contribution is -2.41. The Hall–Kier alpha value is -2.76. The molecule has 0 bridgehead atoms. The van der Waals surface area contributed by atoms with Crippen LogP contribution < -0.4 is 5.32 Å². The quantitative estimate of drug-likeness (QED) is 0.354. The van der Waals surface area contributed by atoms with Crippen LogP contribution in [0.3, 0.4) is 0 Å². The predicted octanol–water partition coefficient (Wildman–Crippen LogP) is 6.21. The molecule has 2 fully saturated rings. The second-order valence-corrected chi connectivity index (χ2v) is 10.2. The summed E-state index contributed by atoms with van der Waals surface area (Å²) in [6.07, 6.45) is 7.98. The third-order valence-corrected chi connectivity index (χ3v) is 7.81. The lowest BCUT2D eigenvalue weighted by Gasteiger charge is -2.39. The molecule has 1 amide bonds. The summed E-state index contributed by atoms with van der Waals surface area (Å²) in [6.45, 7) is 3.61. The van der Waals surface area contributed by atoms with Gasteiger partial charge in [-0.15, -0.1) is 0 Å². The number of pyridine rings is 1. The maximum Gasteiger partial charge on any atom is 0.252 e. The van der Waals surface area contributed by atoms with Crippen LogP contribution in [-0.4, -0.2) is 34.7 Å². The monoisotopic (exact) mass is 457 g/mol. The van der Waals surface area contributed by atoms with E-state index in [4.69, 9.17) is 4.98 Å². The third kappa shape index (κ3) is 4.73. The van der Waals surface area contributed by atoms with Crippen molar-refractivity contribution in [2.24, 2.45) is 5.92 Å². The third-order valence-electron chi connectivity index (χ3n) is 7.81. The second-order valence-electron chi connectivity index (χ2n) is 10.2. The number of hydroxylamine groups is 3. The summed E-state index contributed by atoms with van der Waals surface area (Å²) >= 11 is 0. The summed E-state index contributed by atoms with van der Waals surface area (Å²) in [7, 11) is 0. The molecule has 5 nitrogen and oxygen atoms in total. The zero-order valence-corrected chi connectivity index (χ0v) is 20.1. The highest BCUT2D eigenvalue weighted by molar-refractivity contribution is 6.09. The molecule has 2 aromatic carbocycles. The first-order valence-corrected chi connectivity index (χ1v) is 12.9. The number of nitrogens with one attached hydrogen (secondary N) is 1. The number of aromatic nitrogens is 1. The Kier molecular flexibility index (Phi) is 6.66. The zero-order valence-electron chi connectivity index (χ0n) is 20.1. The van der Waals surface area contributed by atoms with Gasteiger partial charge in [-0.05, 0) is 31.7 Å². The molecule has 1 aliphatic heterocycles. The number of rotatable bonds is 6. The molecule has 34 heavy (non-hydrogen) atoms. The number of carbonyl (C=O) groups is 1. The number of nitrogens with zero attached hydrogens (tertiary/aromatic N) is 2. The number of quaternary nitrogens is 1. The largest absolute Gasteiger partial charge is 0.633 e. The van der Waals surface area contributed by atoms with E-state index >= 15 is 0 Å². The van der Waals surface area contributed by atoms with Gasteiger partial charge in [-0.3, -0.25) is 4.79 Å². The second kappa shape index (κ2) is 9.85. The molecule has 3 aromatic rings. The fraction of sp³-hybridized carbons (Fsp3) is 0.448. The minimum absolute atomic E-state index is 0.0744. The summed E-state index contributed by atoms with van der Waals surface area (Å²) in [5, 5.41) is 17.8. The first kappa shape index (κ1) is 23.0. The number of carbonyl (C=O) groups excluding carboxylic acids is 1. The average Bonchev–Trinajstić information content (AvgIpc) is 3.30. The van der Waals surface area contributed by atoms with E-state index in [1.807, 2.05) is 54.6 Å². The highest BCUT2D eigenvalue weighted by Gasteiger charge is 2.31. The Labute approximate surface area is 202 Å². The van der Waals surface area contributed by atoms with Gasteiger partial charge in [0.15, 0.2) is 0 Å². The van der Waals surface area contributed by atoms with Gasteiger partial charge >= 0.3 is 0 Å². The van der Waals surface area contributed by atoms with Gasteiger partial charge in [0.2, 0.25) is 0 Å². The summed E-state index contributed by atoms with van der Waals surface area (Å²) in [5.41, 5.74) is 3.92. The van der Waals surface area contributed by atoms with Crippen LogP contribution in [-0.2, 0) is 6.54 Å². The van der Waals surface area contributed by atoms with E-state index in [1.165, 1.54) is 32.1 Å². The Morgan fingerprint density at radius 3 is 2.41 bits per heavy atom. The SMILES string of the molecule is CC(NC(=O)c1c(C[N+]2([O-])CCCC2)c(-c2ccccc2)nc2ccccc12)C1CCCCC1. The number of likely N-dealkylation sites (tertiary alicyclic amines) is 1. The number of benzene rings is 2. The van der Waals surface area contributed by atoms with E-state index in [0.29, 0.717) is 24.6 Å². The van der Waals surface area contributed by atoms with Gasteiger partial charge in [0.25, 0.3) is 5.91 Å². The molecule has 5 rings (SSSR count). The van der Waals surface area contributed by atoms with Crippen molar-refractivity contribution in [1.82, 2.24) is 10.3 Å². The van der Waals surface area contributed by atoms with E-state index < -0.39 is 0 Å². The molecule has 1 unspecified atom stereocenters. The van der Waals surface area contributed by atoms with Crippen LogP contribution in [0.5, 0.6) is 0 Å². The summed E-state index contributed by atoms with van der Waals surface area (Å²) in [5.74, 6) is 0.439. The molecule has 1 N–H and O–H groups in total. The Morgan fingerprint density at radius 2 is 1.68 bits per heavy atom. The smallest absolute Gasteiger partial charge is 0.252 e. The number of hydrogen-bond donors (Lipinski definition) is 1. The van der Waals surface area contributed by atoms with Gasteiger partial charge in [-0.1, -0.05) is 67.8 Å². The molecule has 1 aromatic heterocycles. The van der Waals surface area contributed by atoms with Gasteiger partial charge in [0.1, 0.15) is 6.54 Å². The molecule has 1 aliphatic carbocycles. The van der Waals surface area contributed by atoms with Gasteiger partial charge in [0.05, 0.1) is 29.9 Å². The van der Waals surface area contributed by atoms with Crippen molar-refractivity contribution >= 4 is 16.8 Å². The fourth-order valence-corrected chi connectivity index (χ4v) is 5.89. The van der Waals surface area contributed by atoms with Crippen LogP contribution >= 0.6 is 0 Å². The molecule has 1 saturated heterocycles. The number of hydrogen-bond acceptors (Lipinski definition) is 3. The van der Waals surface area contributed by atoms with Gasteiger partial charge in [0, 0.05) is 35.4 Å². The standard InChI is InChI=1S/C29H35N3O2/c1-21(22-12-4-2-5-13-22)30-29(33)27-24-16-8-9-17-26(24)31-28(23-14-6-3-7-15-23)25(27)20-32(34)18-10-11-19-32/h3,6-9,14-17,21-22H,2,4-5,10-13,18-20H2,1H3,(H,30,33). The molecule has 0 radical (unpaired) electrons. The lowest BCUT2D eigenvalue weighted by molar-refractivity contribution is -0.881. The lowest BCUT2D eigenvalue weighted by atomic mass is 9.84. The molecule has 2 heterocycles. The van der Waals surface area contributed by atoms with Crippen molar-refractivity contribution in [2.75, 3.05) is 13.1 Å². The predicted molar refractivity (Wildman–Crippen MR) is 137 cm³/mol. The fourth-order valence-electron chi connectivity index (χ4n) is 5.89. The minimum atomic E-state index is -0.279. The van der Waals surface area contributed by atoms with Crippen LogP contribution in [0.4, 0.5) is 0 Å². The van der Waals surface area contributed by atoms with Crippen molar-refractivity contribution < 1.29 is 9.44 Å². The van der Waals surface area contributed by atoms with Crippen LogP contribution in [0.25, 0.3) is 22.2 Å². The van der Waals surface area contributed by atoms with E-state index in [1.54, 1.807) is 0 Å². The zero-order chi connectivity index (χ0) is 23.5. The Bertz CT molecular complexity index is 1150. The van der Waals surface area contributed by atoms with Crippen molar-refractivity contribution in [3.63, 3.8) is 0 Å². The van der Waals surface area contributed by atoms with Crippen molar-refractivity contribution in [3.05, 3.63) is 70.9 Å². The van der Waals surface area contributed by atoms with E-state index in [9.17, 15) is 10.0 Å². The van der Waals surface area contributed by atoms with Crippen molar-refractivity contribution in [3.8, 4) is 11.3 Å². The van der Waals surface area contributed by atoms with Crippen molar-refractivity contribution in [1.29, 1.82) is 0 Å². The average molecular weight is 458 g/mol. The van der Waals surface area contributed by atoms with Crippen LogP contribution in [0.15, 0.2) is 54.6 Å². The minimum Gasteiger partial charge on any atom is -0.633 e. The molecule has 178 valence electrons. The van der Waals surface area contributed by atoms with Crippen LogP contribution in [0, 0.1) is 11.1 Å². The number of fused-ring (bicyclic) bond motifs is 1. The molecule has 2 aliphatic rings. The van der Waals surface area contributed by atoms with E-state index in [2.05, 4.69) is 12.2 Å². The summed E-state index contributed by atoms with van der Waals surface area (Å²) in [4.78, 5) is 18.9. The first-order chi connectivity index (χ1) is 16.5. The maximum absolute atomic E-state index is 13.9. The molecule has 5 heteroatoms. The molecule has 1 saturated carbocycles. The number of amides is 1. The summed E-state index contributed by atoms with van der Waals surface area (Å²) in [6, 6.07) is 17.9. The van der Waals surface area contributed by atoms with Crippen molar-refractivity contribution in [2.45, 2.75) is 64.5 Å². The first-order valence-electron chi connectivity index (χ1n) is 12.9. The maximum atomic E-state index is 13.9. The van der Waals surface area contributed by atoms with Gasteiger partial charge in [-0.25, -0.2) is 4.98 Å². The Balaban J connectivity index is 1.63. The molecular formula is C29H35N3O2. The highest BCUT2D eigenvalue weighted by Crippen LogP contribution is 2.34. The van der Waals surface area contributed by atoms with Crippen LogP contribution in [0.2, 0.25) is 0 Å². The van der Waals surface area contributed by atoms with Crippen LogP contribution in [0.1, 0.15) is 67.8 Å². The molecular weight excluding hydrogens is 422 g/mol.